The predicted molar refractivity (Wildman–Crippen MR) is 83.5 cm³/mol. The van der Waals surface area contributed by atoms with Gasteiger partial charge in [0.1, 0.15) is 6.26 Å². The molecular weight excluding hydrogens is 292 g/mol. The molecule has 3 rings (SSSR count). The molecule has 20 heavy (non-hydrogen) atoms. The van der Waals surface area contributed by atoms with Crippen molar-refractivity contribution >= 4 is 34.3 Å². The summed E-state index contributed by atoms with van der Waals surface area (Å²) < 4.78 is 4.83. The molecule has 0 aliphatic heterocycles. The average molecular weight is 307 g/mol. The third kappa shape index (κ3) is 2.72. The maximum Gasteiger partial charge on any atom is 0.124 e. The van der Waals surface area contributed by atoms with E-state index in [1.807, 2.05) is 12.1 Å². The van der Waals surface area contributed by atoms with Gasteiger partial charge in [-0.3, -0.25) is 0 Å². The molecule has 0 fully saturated rings. The quantitative estimate of drug-likeness (QED) is 0.671. The van der Waals surface area contributed by atoms with Crippen LogP contribution in [0.1, 0.15) is 31.2 Å². The fraction of sp³-hybridized carbons (Fsp3) is 0.267. The molecule has 1 aromatic carbocycles. The summed E-state index contributed by atoms with van der Waals surface area (Å²) in [7, 11) is 0. The summed E-state index contributed by atoms with van der Waals surface area (Å²) in [5.41, 5.74) is 3.27. The van der Waals surface area contributed by atoms with E-state index in [1.54, 1.807) is 18.0 Å². The summed E-state index contributed by atoms with van der Waals surface area (Å²) >= 11 is 8.02. The number of nitrogens with one attached hydrogen (secondary N) is 1. The van der Waals surface area contributed by atoms with Crippen molar-refractivity contribution in [2.45, 2.75) is 30.4 Å². The van der Waals surface area contributed by atoms with Crippen molar-refractivity contribution in [3.63, 3.8) is 0 Å². The minimum Gasteiger partial charge on any atom is -0.364 e. The molecule has 2 aromatic heterocycles. The first-order chi connectivity index (χ1) is 9.63. The van der Waals surface area contributed by atoms with E-state index in [4.69, 9.17) is 16.1 Å². The second-order valence-corrected chi connectivity index (χ2v) is 6.45. The number of halogens is 1. The van der Waals surface area contributed by atoms with Crippen molar-refractivity contribution in [3.05, 3.63) is 46.9 Å². The number of benzene rings is 1. The van der Waals surface area contributed by atoms with Gasteiger partial charge in [-0.05, 0) is 24.1 Å². The van der Waals surface area contributed by atoms with Crippen LogP contribution in [0.15, 0.2) is 39.9 Å². The van der Waals surface area contributed by atoms with E-state index >= 15 is 0 Å². The van der Waals surface area contributed by atoms with Gasteiger partial charge >= 0.3 is 0 Å². The van der Waals surface area contributed by atoms with Gasteiger partial charge in [0.15, 0.2) is 0 Å². The number of aromatic nitrogens is 2. The molecule has 3 nitrogen and oxygen atoms in total. The second kappa shape index (κ2) is 5.54. The highest BCUT2D eigenvalue weighted by Crippen LogP contribution is 2.34. The average Bonchev–Trinajstić information content (AvgIpc) is 3.04. The Morgan fingerprint density at radius 2 is 2.20 bits per heavy atom. The number of thioether (sulfide) groups is 1. The van der Waals surface area contributed by atoms with Gasteiger partial charge in [-0.2, -0.15) is 0 Å². The highest BCUT2D eigenvalue weighted by atomic mass is 35.5. The molecule has 2 heterocycles. The summed E-state index contributed by atoms with van der Waals surface area (Å²) in [4.78, 5) is 4.50. The predicted octanol–water partition coefficient (Wildman–Crippen LogP) is 5.23. The van der Waals surface area contributed by atoms with Gasteiger partial charge in [0.25, 0.3) is 0 Å². The minimum atomic E-state index is 0.479. The summed E-state index contributed by atoms with van der Waals surface area (Å²) in [5, 5.41) is 5.84. The highest BCUT2D eigenvalue weighted by Gasteiger charge is 2.09. The Hall–Kier alpha value is -1.39. The minimum absolute atomic E-state index is 0.479. The number of aromatic amines is 1. The number of rotatable bonds is 4. The summed E-state index contributed by atoms with van der Waals surface area (Å²) in [6, 6.07) is 8.15. The Balaban J connectivity index is 1.88. The third-order valence-electron chi connectivity index (χ3n) is 3.18. The third-order valence-corrected chi connectivity index (χ3v) is 4.70. The van der Waals surface area contributed by atoms with Crippen molar-refractivity contribution in [1.29, 1.82) is 0 Å². The van der Waals surface area contributed by atoms with Gasteiger partial charge in [-0.25, -0.2) is 0 Å². The van der Waals surface area contributed by atoms with E-state index < -0.39 is 0 Å². The van der Waals surface area contributed by atoms with E-state index in [2.05, 4.69) is 36.1 Å². The van der Waals surface area contributed by atoms with Crippen LogP contribution in [0.4, 0.5) is 0 Å². The fourth-order valence-electron chi connectivity index (χ4n) is 2.04. The Bertz CT molecular complexity index is 719. The number of nitrogens with zero attached hydrogens (tertiary/aromatic N) is 1. The van der Waals surface area contributed by atoms with Gasteiger partial charge < -0.3 is 9.51 Å². The summed E-state index contributed by atoms with van der Waals surface area (Å²) in [5.74, 6) is 1.23. The van der Waals surface area contributed by atoms with Crippen molar-refractivity contribution in [1.82, 2.24) is 10.1 Å². The molecule has 0 atom stereocenters. The molecule has 5 heteroatoms. The molecule has 0 spiro atoms. The number of H-pyrrole nitrogens is 1. The Morgan fingerprint density at radius 1 is 1.35 bits per heavy atom. The normalized spacial score (nSPS) is 11.6. The van der Waals surface area contributed by atoms with Crippen LogP contribution in [0.3, 0.4) is 0 Å². The molecule has 0 aliphatic carbocycles. The van der Waals surface area contributed by atoms with Gasteiger partial charge in [-0.1, -0.05) is 30.6 Å². The summed E-state index contributed by atoms with van der Waals surface area (Å²) in [6.07, 6.45) is 1.58. The Labute approximate surface area is 126 Å². The highest BCUT2D eigenvalue weighted by molar-refractivity contribution is 7.98. The van der Waals surface area contributed by atoms with Crippen LogP contribution in [0.2, 0.25) is 5.02 Å². The van der Waals surface area contributed by atoms with Crippen LogP contribution >= 0.6 is 23.4 Å². The Morgan fingerprint density at radius 3 is 2.90 bits per heavy atom. The van der Waals surface area contributed by atoms with Gasteiger partial charge in [-0.15, -0.1) is 11.8 Å². The first kappa shape index (κ1) is 13.6. The van der Waals surface area contributed by atoms with Gasteiger partial charge in [0, 0.05) is 33.3 Å². The lowest BCUT2D eigenvalue weighted by atomic mass is 10.1. The van der Waals surface area contributed by atoms with Gasteiger partial charge in [0.05, 0.1) is 10.7 Å². The van der Waals surface area contributed by atoms with E-state index in [0.717, 1.165) is 32.3 Å². The molecule has 0 saturated carbocycles. The molecule has 0 unspecified atom stereocenters. The SMILES string of the molecule is CC(C)c1cc2cc(Cl)c(SCc3ccon3)cc2[nH]1. The molecule has 1 N–H and O–H groups in total. The number of hydrogen-bond acceptors (Lipinski definition) is 3. The lowest BCUT2D eigenvalue weighted by molar-refractivity contribution is 0.414. The van der Waals surface area contributed by atoms with Crippen LogP contribution in [0, 0.1) is 0 Å². The van der Waals surface area contributed by atoms with Crippen molar-refractivity contribution < 1.29 is 4.52 Å². The first-order valence-electron chi connectivity index (χ1n) is 6.47. The lowest BCUT2D eigenvalue weighted by Crippen LogP contribution is -1.85. The Kier molecular flexibility index (Phi) is 3.76. The molecular formula is C15H15ClN2OS. The smallest absolute Gasteiger partial charge is 0.124 e. The largest absolute Gasteiger partial charge is 0.364 e. The molecule has 0 saturated heterocycles. The van der Waals surface area contributed by atoms with Crippen molar-refractivity contribution in [2.24, 2.45) is 0 Å². The molecule has 3 aromatic rings. The standard InChI is InChI=1S/C15H15ClN2OS/c1-9(2)13-6-10-5-12(16)15(7-14(10)17-13)20-8-11-3-4-19-18-11/h3-7,9,17H,8H2,1-2H3. The summed E-state index contributed by atoms with van der Waals surface area (Å²) in [6.45, 7) is 4.35. The van der Waals surface area contributed by atoms with Crippen LogP contribution in [0.5, 0.6) is 0 Å². The molecule has 0 bridgehead atoms. The van der Waals surface area contributed by atoms with Crippen LogP contribution in [0.25, 0.3) is 10.9 Å². The molecule has 0 amide bonds. The van der Waals surface area contributed by atoms with Crippen molar-refractivity contribution in [3.8, 4) is 0 Å². The molecule has 0 aliphatic rings. The second-order valence-electron chi connectivity index (χ2n) is 5.03. The van der Waals surface area contributed by atoms with Crippen molar-refractivity contribution in [2.75, 3.05) is 0 Å². The zero-order valence-electron chi connectivity index (χ0n) is 11.3. The monoisotopic (exact) mass is 306 g/mol. The first-order valence-corrected chi connectivity index (χ1v) is 7.84. The van der Waals surface area contributed by atoms with Crippen LogP contribution < -0.4 is 0 Å². The number of fused-ring (bicyclic) bond motifs is 1. The molecule has 0 radical (unpaired) electrons. The van der Waals surface area contributed by atoms with Gasteiger partial charge in [0.2, 0.25) is 0 Å². The molecule has 104 valence electrons. The van der Waals surface area contributed by atoms with Crippen LogP contribution in [-0.4, -0.2) is 10.1 Å². The topological polar surface area (TPSA) is 41.8 Å². The van der Waals surface area contributed by atoms with E-state index in [-0.39, 0.29) is 0 Å². The zero-order valence-corrected chi connectivity index (χ0v) is 12.9. The zero-order chi connectivity index (χ0) is 14.1. The maximum absolute atomic E-state index is 6.35. The lowest BCUT2D eigenvalue weighted by Gasteiger charge is -2.03. The number of hydrogen-bond donors (Lipinski definition) is 1. The maximum atomic E-state index is 6.35. The fourth-order valence-corrected chi connectivity index (χ4v) is 3.23. The van der Waals surface area contributed by atoms with E-state index in [1.165, 1.54) is 5.69 Å². The van der Waals surface area contributed by atoms with E-state index in [9.17, 15) is 0 Å². The van der Waals surface area contributed by atoms with E-state index in [0.29, 0.717) is 5.92 Å². The van der Waals surface area contributed by atoms with Crippen LogP contribution in [-0.2, 0) is 5.75 Å².